The molecule has 8 aromatic rings. The molecule has 0 aromatic heterocycles. The van der Waals surface area contributed by atoms with Crippen molar-refractivity contribution in [1.29, 1.82) is 0 Å². The van der Waals surface area contributed by atoms with Crippen molar-refractivity contribution in [3.8, 4) is 22.3 Å². The van der Waals surface area contributed by atoms with Gasteiger partial charge >= 0.3 is 0 Å². The molecule has 1 nitrogen and oxygen atoms in total. The molecular weight excluding hydrogens is 699 g/mol. The van der Waals surface area contributed by atoms with Gasteiger partial charge in [0.1, 0.15) is 0 Å². The molecule has 8 aromatic carbocycles. The Kier molecular flexibility index (Phi) is 8.73. The molecule has 58 heavy (non-hydrogen) atoms. The lowest BCUT2D eigenvalue weighted by atomic mass is 9.65. The number of hydrogen-bond acceptors (Lipinski definition) is 1. The second-order valence-corrected chi connectivity index (χ2v) is 16.3. The molecule has 0 amide bonds. The van der Waals surface area contributed by atoms with Gasteiger partial charge in [0.25, 0.3) is 0 Å². The van der Waals surface area contributed by atoms with E-state index < -0.39 is 0 Å². The molecular formula is C57H45N. The number of para-hydroxylation sites is 1. The maximum absolute atomic E-state index is 2.55. The van der Waals surface area contributed by atoms with Crippen molar-refractivity contribution in [2.24, 2.45) is 5.92 Å². The largest absolute Gasteiger partial charge is 0.333 e. The SMILES string of the molecule is c1ccc(-c2cccc3c2CC(c2ccc(-c4cccc(C5=c6ccccc6=C6CC(c7ccccc7)CC(c7ccccc7)C65)c4)cc2)N3c2ccccc2)cc1. The monoisotopic (exact) mass is 743 g/mol. The third kappa shape index (κ3) is 6.01. The van der Waals surface area contributed by atoms with Gasteiger partial charge in [0, 0.05) is 17.3 Å². The Labute approximate surface area is 341 Å². The summed E-state index contributed by atoms with van der Waals surface area (Å²) in [6.07, 6.45) is 3.19. The van der Waals surface area contributed by atoms with E-state index in [0.717, 1.165) is 19.3 Å². The van der Waals surface area contributed by atoms with Gasteiger partial charge in [-0.2, -0.15) is 0 Å². The topological polar surface area (TPSA) is 3.24 Å². The second-order valence-electron chi connectivity index (χ2n) is 16.3. The number of benzene rings is 8. The van der Waals surface area contributed by atoms with Crippen molar-refractivity contribution in [3.63, 3.8) is 0 Å². The highest BCUT2D eigenvalue weighted by Crippen LogP contribution is 2.53. The van der Waals surface area contributed by atoms with E-state index in [1.807, 2.05) is 0 Å². The first kappa shape index (κ1) is 34.5. The van der Waals surface area contributed by atoms with E-state index in [1.165, 1.54) is 77.5 Å². The van der Waals surface area contributed by atoms with Crippen LogP contribution in [0.15, 0.2) is 212 Å². The highest BCUT2D eigenvalue weighted by molar-refractivity contribution is 5.85. The molecule has 0 bridgehead atoms. The molecule has 4 atom stereocenters. The van der Waals surface area contributed by atoms with Crippen molar-refractivity contribution in [1.82, 2.24) is 0 Å². The maximum atomic E-state index is 2.55. The van der Waals surface area contributed by atoms with Gasteiger partial charge in [0.2, 0.25) is 0 Å². The van der Waals surface area contributed by atoms with Gasteiger partial charge in [-0.1, -0.05) is 194 Å². The Morgan fingerprint density at radius 3 is 1.76 bits per heavy atom. The summed E-state index contributed by atoms with van der Waals surface area (Å²) in [5.74, 6) is 1.22. The minimum atomic E-state index is 0.197. The van der Waals surface area contributed by atoms with Gasteiger partial charge in [-0.05, 0) is 121 Å². The quantitative estimate of drug-likeness (QED) is 0.157. The van der Waals surface area contributed by atoms with Crippen LogP contribution in [0.1, 0.15) is 58.5 Å². The molecule has 1 fully saturated rings. The summed E-state index contributed by atoms with van der Waals surface area (Å²) < 4.78 is 0. The van der Waals surface area contributed by atoms with Crippen LogP contribution in [0.2, 0.25) is 0 Å². The van der Waals surface area contributed by atoms with Crippen LogP contribution >= 0.6 is 0 Å². The minimum absolute atomic E-state index is 0.197. The fraction of sp³-hybridized carbons (Fsp3) is 0.123. The number of anilines is 2. The first-order valence-corrected chi connectivity index (χ1v) is 20.9. The minimum Gasteiger partial charge on any atom is -0.333 e. The molecule has 1 heteroatoms. The molecule has 0 N–H and O–H groups in total. The number of rotatable bonds is 7. The Morgan fingerprint density at radius 1 is 0.414 bits per heavy atom. The first-order valence-electron chi connectivity index (χ1n) is 20.9. The van der Waals surface area contributed by atoms with Crippen LogP contribution in [0.4, 0.5) is 11.4 Å². The normalized spacial score (nSPS) is 19.4. The third-order valence-corrected chi connectivity index (χ3v) is 13.2. The molecule has 0 radical (unpaired) electrons. The summed E-state index contributed by atoms with van der Waals surface area (Å²) in [6.45, 7) is 0. The molecule has 1 heterocycles. The highest BCUT2D eigenvalue weighted by atomic mass is 15.2. The molecule has 3 aliphatic rings. The van der Waals surface area contributed by atoms with Crippen LogP contribution < -0.4 is 15.3 Å². The zero-order valence-corrected chi connectivity index (χ0v) is 32.6. The Bertz CT molecular complexity index is 2860. The highest BCUT2D eigenvalue weighted by Gasteiger charge is 2.41. The summed E-state index contributed by atoms with van der Waals surface area (Å²) in [5, 5.41) is 2.84. The van der Waals surface area contributed by atoms with E-state index in [2.05, 4.69) is 217 Å². The van der Waals surface area contributed by atoms with Crippen molar-refractivity contribution < 1.29 is 0 Å². The zero-order chi connectivity index (χ0) is 38.4. The van der Waals surface area contributed by atoms with E-state index >= 15 is 0 Å². The van der Waals surface area contributed by atoms with Gasteiger partial charge in [0.05, 0.1) is 6.04 Å². The Balaban J connectivity index is 0.966. The molecule has 0 saturated heterocycles. The molecule has 11 rings (SSSR count). The van der Waals surface area contributed by atoms with Crippen LogP contribution in [0, 0.1) is 5.92 Å². The van der Waals surface area contributed by atoms with E-state index in [4.69, 9.17) is 0 Å². The fourth-order valence-corrected chi connectivity index (χ4v) is 10.6. The smallest absolute Gasteiger partial charge is 0.0633 e. The van der Waals surface area contributed by atoms with Gasteiger partial charge in [0.15, 0.2) is 0 Å². The predicted octanol–water partition coefficient (Wildman–Crippen LogP) is 12.8. The van der Waals surface area contributed by atoms with Crippen LogP contribution in [-0.2, 0) is 6.42 Å². The third-order valence-electron chi connectivity index (χ3n) is 13.2. The standard InChI is InChI=1S/C57H45N/c1-5-17-39(18-6-1)46-36-51(42-21-9-3-10-22-42)57-53(37-46)49-27-13-14-28-50(49)56(57)45-24-15-23-44(35-45)40-31-33-43(34-32-40)55-38-52-48(41-19-7-2-8-20-41)29-16-30-54(52)58(55)47-25-11-4-12-26-47/h1-35,46,51,55,57H,36-38H2. The van der Waals surface area contributed by atoms with E-state index in [9.17, 15) is 0 Å². The Morgan fingerprint density at radius 2 is 1.02 bits per heavy atom. The summed E-state index contributed by atoms with van der Waals surface area (Å²) in [5.41, 5.74) is 17.7. The lowest BCUT2D eigenvalue weighted by Gasteiger charge is -2.39. The predicted molar refractivity (Wildman–Crippen MR) is 241 cm³/mol. The molecule has 4 unspecified atom stereocenters. The maximum Gasteiger partial charge on any atom is 0.0633 e. The van der Waals surface area contributed by atoms with Gasteiger partial charge in [-0.15, -0.1) is 0 Å². The van der Waals surface area contributed by atoms with Crippen LogP contribution in [0.5, 0.6) is 0 Å². The summed E-state index contributed by atoms with van der Waals surface area (Å²) in [6, 6.07) is 79.3. The second kappa shape index (κ2) is 14.7. The number of hydrogen-bond donors (Lipinski definition) is 0. The molecule has 2 aliphatic carbocycles. The lowest BCUT2D eigenvalue weighted by Crippen LogP contribution is -2.26. The van der Waals surface area contributed by atoms with E-state index in [-0.39, 0.29) is 6.04 Å². The molecule has 1 saturated carbocycles. The van der Waals surface area contributed by atoms with Crippen LogP contribution in [0.25, 0.3) is 33.4 Å². The first-order chi connectivity index (χ1) is 28.8. The average molecular weight is 744 g/mol. The zero-order valence-electron chi connectivity index (χ0n) is 32.6. The summed E-state index contributed by atoms with van der Waals surface area (Å²) >= 11 is 0. The van der Waals surface area contributed by atoms with Crippen molar-refractivity contribution in [3.05, 3.63) is 251 Å². The molecule has 278 valence electrons. The van der Waals surface area contributed by atoms with Gasteiger partial charge in [-0.25, -0.2) is 0 Å². The lowest BCUT2D eigenvalue weighted by molar-refractivity contribution is 0.449. The van der Waals surface area contributed by atoms with Crippen molar-refractivity contribution >= 4 is 22.5 Å². The fourth-order valence-electron chi connectivity index (χ4n) is 10.6. The number of fused-ring (bicyclic) bond motifs is 3. The van der Waals surface area contributed by atoms with Crippen LogP contribution in [-0.4, -0.2) is 0 Å². The van der Waals surface area contributed by atoms with E-state index in [0.29, 0.717) is 17.8 Å². The Hall–Kier alpha value is -6.70. The van der Waals surface area contributed by atoms with Crippen molar-refractivity contribution in [2.75, 3.05) is 4.90 Å². The number of nitrogens with zero attached hydrogens (tertiary/aromatic N) is 1. The molecule has 1 aliphatic heterocycles. The summed E-state index contributed by atoms with van der Waals surface area (Å²) in [7, 11) is 0. The van der Waals surface area contributed by atoms with Gasteiger partial charge < -0.3 is 4.90 Å². The van der Waals surface area contributed by atoms with E-state index in [1.54, 1.807) is 5.57 Å². The van der Waals surface area contributed by atoms with Gasteiger partial charge in [-0.3, -0.25) is 0 Å². The van der Waals surface area contributed by atoms with Crippen LogP contribution in [0.3, 0.4) is 0 Å². The molecule has 0 spiro atoms. The summed E-state index contributed by atoms with van der Waals surface area (Å²) in [4.78, 5) is 2.55. The van der Waals surface area contributed by atoms with Crippen molar-refractivity contribution in [2.45, 2.75) is 37.1 Å². The average Bonchev–Trinajstić information content (AvgIpc) is 3.87.